The molecule has 19 heavy (non-hydrogen) atoms. The van der Waals surface area contributed by atoms with Crippen molar-refractivity contribution in [1.82, 2.24) is 5.32 Å². The number of hydrogen-bond acceptors (Lipinski definition) is 2. The molecule has 0 unspecified atom stereocenters. The summed E-state index contributed by atoms with van der Waals surface area (Å²) >= 11 is 5.41. The number of nitrogens with one attached hydrogen (secondary N) is 1. The minimum absolute atomic E-state index is 0.393. The Kier molecular flexibility index (Phi) is 4.22. The van der Waals surface area contributed by atoms with E-state index in [9.17, 15) is 18.7 Å². The number of amides is 1. The summed E-state index contributed by atoms with van der Waals surface area (Å²) in [5, 5.41) is 12.0. The molecule has 0 atom stereocenters. The smallest absolute Gasteiger partial charge is 0.254 e. The molecule has 0 aliphatic heterocycles. The van der Waals surface area contributed by atoms with Crippen LogP contribution >= 0.6 is 11.6 Å². The fourth-order valence-electron chi connectivity index (χ4n) is 1.20. The lowest BCUT2D eigenvalue weighted by atomic mass is 9.85. The minimum atomic E-state index is -1.23. The molecule has 106 valence electrons. The van der Waals surface area contributed by atoms with Crippen LogP contribution in [0.3, 0.4) is 0 Å². The third kappa shape index (κ3) is 3.42. The van der Waals surface area contributed by atoms with Crippen molar-refractivity contribution in [2.24, 2.45) is 0 Å². The molecule has 0 radical (unpaired) electrons. The first-order chi connectivity index (χ1) is 8.45. The zero-order valence-electron chi connectivity index (χ0n) is 11.1. The van der Waals surface area contributed by atoms with Gasteiger partial charge in [0.05, 0.1) is 21.7 Å². The number of carbonyl (C=O) groups is 1. The van der Waals surface area contributed by atoms with E-state index in [2.05, 4.69) is 5.32 Å². The van der Waals surface area contributed by atoms with Gasteiger partial charge in [-0.2, -0.15) is 0 Å². The molecule has 0 aliphatic carbocycles. The summed E-state index contributed by atoms with van der Waals surface area (Å²) < 4.78 is 26.8. The molecule has 0 heterocycles. The van der Waals surface area contributed by atoms with Crippen LogP contribution in [0.1, 0.15) is 38.1 Å². The molecule has 0 aromatic heterocycles. The van der Waals surface area contributed by atoms with Gasteiger partial charge in [-0.1, -0.05) is 11.6 Å². The van der Waals surface area contributed by atoms with E-state index in [4.69, 9.17) is 11.6 Å². The van der Waals surface area contributed by atoms with Crippen molar-refractivity contribution in [1.29, 1.82) is 0 Å². The summed E-state index contributed by atoms with van der Waals surface area (Å²) in [6.07, 6.45) is 0. The van der Waals surface area contributed by atoms with Crippen molar-refractivity contribution >= 4 is 17.5 Å². The quantitative estimate of drug-likeness (QED) is 0.841. The number of carbonyl (C=O) groups excluding carboxylic acids is 1. The van der Waals surface area contributed by atoms with E-state index in [1.807, 2.05) is 0 Å². The monoisotopic (exact) mass is 291 g/mol. The molecule has 1 rings (SSSR count). The molecule has 0 bridgehead atoms. The van der Waals surface area contributed by atoms with Gasteiger partial charge in [-0.15, -0.1) is 0 Å². The van der Waals surface area contributed by atoms with Crippen LogP contribution in [-0.2, 0) is 0 Å². The van der Waals surface area contributed by atoms with E-state index in [0.717, 1.165) is 12.1 Å². The van der Waals surface area contributed by atoms with Crippen LogP contribution in [0.4, 0.5) is 8.78 Å². The maximum absolute atomic E-state index is 13.6. The molecule has 0 spiro atoms. The molecule has 6 heteroatoms. The second-order valence-corrected chi connectivity index (χ2v) is 5.79. The highest BCUT2D eigenvalue weighted by molar-refractivity contribution is 6.30. The van der Waals surface area contributed by atoms with Gasteiger partial charge in [-0.3, -0.25) is 4.79 Å². The molecular weight excluding hydrogens is 276 g/mol. The highest BCUT2D eigenvalue weighted by atomic mass is 35.5. The Labute approximate surface area is 115 Å². The molecule has 1 aromatic rings. The van der Waals surface area contributed by atoms with Gasteiger partial charge in [0.25, 0.3) is 5.91 Å². The largest absolute Gasteiger partial charge is 0.388 e. The van der Waals surface area contributed by atoms with E-state index >= 15 is 0 Å². The fraction of sp³-hybridized carbons (Fsp3) is 0.462. The summed E-state index contributed by atoms with van der Waals surface area (Å²) in [6, 6.07) is 1.47. The van der Waals surface area contributed by atoms with E-state index < -0.39 is 39.3 Å². The molecule has 0 saturated carbocycles. The van der Waals surface area contributed by atoms with Crippen molar-refractivity contribution < 1.29 is 18.7 Å². The molecule has 1 amide bonds. The second-order valence-electron chi connectivity index (χ2n) is 5.38. The Morgan fingerprint density at radius 1 is 1.21 bits per heavy atom. The Morgan fingerprint density at radius 2 is 1.74 bits per heavy atom. The zero-order chi connectivity index (χ0) is 15.0. The van der Waals surface area contributed by atoms with Crippen molar-refractivity contribution in [2.45, 2.75) is 38.8 Å². The number of halogens is 3. The van der Waals surface area contributed by atoms with E-state index in [0.29, 0.717) is 0 Å². The summed E-state index contributed by atoms with van der Waals surface area (Å²) in [7, 11) is 0. The van der Waals surface area contributed by atoms with Gasteiger partial charge in [-0.05, 0) is 39.8 Å². The van der Waals surface area contributed by atoms with Crippen LogP contribution in [0.2, 0.25) is 5.02 Å². The van der Waals surface area contributed by atoms with Gasteiger partial charge in [-0.25, -0.2) is 8.78 Å². The van der Waals surface area contributed by atoms with Gasteiger partial charge in [0, 0.05) is 0 Å². The maximum Gasteiger partial charge on any atom is 0.254 e. The van der Waals surface area contributed by atoms with Gasteiger partial charge in [0.2, 0.25) is 0 Å². The van der Waals surface area contributed by atoms with E-state index in [-0.39, 0.29) is 0 Å². The van der Waals surface area contributed by atoms with Gasteiger partial charge >= 0.3 is 0 Å². The van der Waals surface area contributed by atoms with Crippen molar-refractivity contribution in [3.05, 3.63) is 34.4 Å². The van der Waals surface area contributed by atoms with Crippen molar-refractivity contribution in [2.75, 3.05) is 0 Å². The molecular formula is C13H16ClF2NO2. The first-order valence-corrected chi connectivity index (χ1v) is 6.03. The second kappa shape index (κ2) is 5.06. The summed E-state index contributed by atoms with van der Waals surface area (Å²) in [5.41, 5.74) is -2.71. The first kappa shape index (κ1) is 15.9. The lowest BCUT2D eigenvalue weighted by Crippen LogP contribution is -2.57. The van der Waals surface area contributed by atoms with Crippen LogP contribution in [0, 0.1) is 11.6 Å². The molecule has 1 aromatic carbocycles. The van der Waals surface area contributed by atoms with Crippen molar-refractivity contribution in [3.63, 3.8) is 0 Å². The topological polar surface area (TPSA) is 49.3 Å². The normalized spacial score (nSPS) is 12.4. The highest BCUT2D eigenvalue weighted by Crippen LogP contribution is 2.23. The lowest BCUT2D eigenvalue weighted by molar-refractivity contribution is -0.00301. The summed E-state index contributed by atoms with van der Waals surface area (Å²) in [5.74, 6) is -2.62. The summed E-state index contributed by atoms with van der Waals surface area (Å²) in [4.78, 5) is 11.9. The van der Waals surface area contributed by atoms with Crippen molar-refractivity contribution in [3.8, 4) is 0 Å². The summed E-state index contributed by atoms with van der Waals surface area (Å²) in [6.45, 7) is 6.17. The number of hydrogen-bond donors (Lipinski definition) is 2. The molecule has 2 N–H and O–H groups in total. The Bertz CT molecular complexity index is 510. The Morgan fingerprint density at radius 3 is 2.21 bits per heavy atom. The average Bonchev–Trinajstić information content (AvgIpc) is 2.20. The third-order valence-electron chi connectivity index (χ3n) is 3.21. The molecule has 3 nitrogen and oxygen atoms in total. The minimum Gasteiger partial charge on any atom is -0.388 e. The van der Waals surface area contributed by atoms with Crippen LogP contribution in [0.25, 0.3) is 0 Å². The molecule has 0 aliphatic rings. The standard InChI is InChI=1S/C13H16ClF2NO2/c1-12(2,13(3,4)19)17-11(18)7-5-10(16)8(14)6-9(7)15/h5-6,19H,1-4H3,(H,17,18). The van der Waals surface area contributed by atoms with Gasteiger partial charge in [0.15, 0.2) is 0 Å². The van der Waals surface area contributed by atoms with Gasteiger partial charge in [0.1, 0.15) is 11.6 Å². The Hall–Kier alpha value is -1.20. The van der Waals surface area contributed by atoms with Crippen LogP contribution in [0.5, 0.6) is 0 Å². The van der Waals surface area contributed by atoms with E-state index in [1.165, 1.54) is 13.8 Å². The maximum atomic E-state index is 13.6. The number of rotatable bonds is 3. The average molecular weight is 292 g/mol. The predicted molar refractivity (Wildman–Crippen MR) is 69.2 cm³/mol. The van der Waals surface area contributed by atoms with Crippen LogP contribution in [0.15, 0.2) is 12.1 Å². The Balaban J connectivity index is 3.06. The van der Waals surface area contributed by atoms with Crippen LogP contribution in [-0.4, -0.2) is 22.2 Å². The SMILES string of the molecule is CC(C)(O)C(C)(C)NC(=O)c1cc(F)c(Cl)cc1F. The highest BCUT2D eigenvalue weighted by Gasteiger charge is 2.37. The number of aliphatic hydroxyl groups is 1. The molecule has 0 fully saturated rings. The van der Waals surface area contributed by atoms with Gasteiger partial charge < -0.3 is 10.4 Å². The molecule has 0 saturated heterocycles. The van der Waals surface area contributed by atoms with E-state index in [1.54, 1.807) is 13.8 Å². The number of benzene rings is 1. The first-order valence-electron chi connectivity index (χ1n) is 5.65. The van der Waals surface area contributed by atoms with Crippen LogP contribution < -0.4 is 5.32 Å². The zero-order valence-corrected chi connectivity index (χ0v) is 11.9. The predicted octanol–water partition coefficient (Wildman–Crippen LogP) is 2.90. The lowest BCUT2D eigenvalue weighted by Gasteiger charge is -2.38. The third-order valence-corrected chi connectivity index (χ3v) is 3.50. The fourth-order valence-corrected chi connectivity index (χ4v) is 1.35.